The number of fused-ring (bicyclic) bond motifs is 1. The molecule has 5 rings (SSSR count). The zero-order chi connectivity index (χ0) is 19.7. The largest absolute Gasteiger partial charge is 0.379 e. The molecule has 1 spiro atoms. The summed E-state index contributed by atoms with van der Waals surface area (Å²) < 4.78 is 5.97. The molecule has 2 aromatic heterocycles. The van der Waals surface area contributed by atoms with Gasteiger partial charge < -0.3 is 19.5 Å². The Morgan fingerprint density at radius 3 is 2.93 bits per heavy atom. The number of hydrogen-bond acceptors (Lipinski definition) is 6. The summed E-state index contributed by atoms with van der Waals surface area (Å²) in [6.45, 7) is 4.29. The number of rotatable bonds is 2. The van der Waals surface area contributed by atoms with E-state index in [0.29, 0.717) is 25.3 Å². The fourth-order valence-corrected chi connectivity index (χ4v) is 4.50. The SMILES string of the molecule is O=C(c1ccc2nc[nH]c2c1)N1CCCC2(COCCN(c3ncccn3)C2)C1. The van der Waals surface area contributed by atoms with Gasteiger partial charge in [0, 0.05) is 49.6 Å². The van der Waals surface area contributed by atoms with Crippen LogP contribution in [0.5, 0.6) is 0 Å². The van der Waals surface area contributed by atoms with E-state index in [-0.39, 0.29) is 11.3 Å². The number of carbonyl (C=O) groups excluding carboxylic acids is 1. The van der Waals surface area contributed by atoms with Crippen molar-refractivity contribution < 1.29 is 9.53 Å². The zero-order valence-electron chi connectivity index (χ0n) is 16.3. The standard InChI is InChI=1S/C21H24N6O2/c28-19(16-3-4-17-18(11-16)25-15-24-17)26-8-1-5-21(12-26)13-27(9-10-29-14-21)20-22-6-2-7-23-20/h2-4,6-7,11,15H,1,5,8-10,12-14H2,(H,24,25). The van der Waals surface area contributed by atoms with Crippen molar-refractivity contribution in [1.82, 2.24) is 24.8 Å². The van der Waals surface area contributed by atoms with Crippen LogP contribution < -0.4 is 4.90 Å². The smallest absolute Gasteiger partial charge is 0.253 e. The second kappa shape index (κ2) is 7.44. The third-order valence-corrected chi connectivity index (χ3v) is 5.89. The Morgan fingerprint density at radius 1 is 1.14 bits per heavy atom. The number of likely N-dealkylation sites (tertiary alicyclic amines) is 1. The number of anilines is 1. The molecule has 2 saturated heterocycles. The molecule has 1 unspecified atom stereocenters. The molecule has 0 aliphatic carbocycles. The number of nitrogens with one attached hydrogen (secondary N) is 1. The van der Waals surface area contributed by atoms with Crippen LogP contribution in [-0.2, 0) is 4.74 Å². The van der Waals surface area contributed by atoms with Gasteiger partial charge in [-0.15, -0.1) is 0 Å². The van der Waals surface area contributed by atoms with E-state index in [2.05, 4.69) is 24.8 Å². The molecular formula is C21H24N6O2. The van der Waals surface area contributed by atoms with Gasteiger partial charge in [-0.2, -0.15) is 0 Å². The molecule has 2 aliphatic rings. The number of aromatic amines is 1. The molecule has 29 heavy (non-hydrogen) atoms. The Bertz CT molecular complexity index is 1010. The normalized spacial score (nSPS) is 22.8. The maximum absolute atomic E-state index is 13.2. The summed E-state index contributed by atoms with van der Waals surface area (Å²) in [4.78, 5) is 33.6. The van der Waals surface area contributed by atoms with Crippen LogP contribution in [-0.4, -0.2) is 70.1 Å². The van der Waals surface area contributed by atoms with Crippen LogP contribution in [0.15, 0.2) is 43.0 Å². The van der Waals surface area contributed by atoms with Crippen LogP contribution in [0.4, 0.5) is 5.95 Å². The van der Waals surface area contributed by atoms with Crippen LogP contribution >= 0.6 is 0 Å². The first kappa shape index (κ1) is 18.1. The summed E-state index contributed by atoms with van der Waals surface area (Å²) in [6.07, 6.45) is 7.18. The molecule has 0 radical (unpaired) electrons. The highest BCUT2D eigenvalue weighted by Gasteiger charge is 2.41. The van der Waals surface area contributed by atoms with Crippen LogP contribution in [0, 0.1) is 5.41 Å². The van der Waals surface area contributed by atoms with E-state index in [1.165, 1.54) is 0 Å². The first-order valence-corrected chi connectivity index (χ1v) is 10.0. The molecule has 3 aromatic rings. The minimum atomic E-state index is -0.109. The van der Waals surface area contributed by atoms with Crippen molar-refractivity contribution in [2.75, 3.05) is 44.3 Å². The Hall–Kier alpha value is -3.00. The van der Waals surface area contributed by atoms with Crippen LogP contribution in [0.25, 0.3) is 11.0 Å². The minimum Gasteiger partial charge on any atom is -0.379 e. The predicted octanol–water partition coefficient (Wildman–Crippen LogP) is 2.11. The third-order valence-electron chi connectivity index (χ3n) is 5.89. The molecule has 0 bridgehead atoms. The summed E-state index contributed by atoms with van der Waals surface area (Å²) >= 11 is 0. The topological polar surface area (TPSA) is 87.2 Å². The first-order valence-electron chi connectivity index (χ1n) is 10.0. The Balaban J connectivity index is 1.37. The second-order valence-corrected chi connectivity index (χ2v) is 7.99. The number of ether oxygens (including phenoxy) is 1. The number of benzene rings is 1. The lowest BCUT2D eigenvalue weighted by Crippen LogP contribution is -2.52. The van der Waals surface area contributed by atoms with Crippen molar-refractivity contribution in [2.24, 2.45) is 5.41 Å². The number of imidazole rings is 1. The quantitative estimate of drug-likeness (QED) is 0.719. The van der Waals surface area contributed by atoms with Crippen LogP contribution in [0.2, 0.25) is 0 Å². The van der Waals surface area contributed by atoms with Gasteiger partial charge in [0.25, 0.3) is 5.91 Å². The molecule has 1 aromatic carbocycles. The molecule has 2 fully saturated rings. The van der Waals surface area contributed by atoms with E-state index < -0.39 is 0 Å². The van der Waals surface area contributed by atoms with Gasteiger partial charge in [-0.25, -0.2) is 15.0 Å². The number of carbonyl (C=O) groups is 1. The number of nitrogens with zero attached hydrogens (tertiary/aromatic N) is 5. The summed E-state index contributed by atoms with van der Waals surface area (Å²) in [5, 5.41) is 0. The Labute approximate surface area is 168 Å². The van der Waals surface area contributed by atoms with Gasteiger partial charge in [-0.3, -0.25) is 4.79 Å². The maximum atomic E-state index is 13.2. The average molecular weight is 392 g/mol. The summed E-state index contributed by atoms with van der Waals surface area (Å²) in [7, 11) is 0. The molecule has 1 amide bonds. The lowest BCUT2D eigenvalue weighted by atomic mass is 9.80. The van der Waals surface area contributed by atoms with Crippen molar-refractivity contribution in [1.29, 1.82) is 0 Å². The Morgan fingerprint density at radius 2 is 2.03 bits per heavy atom. The van der Waals surface area contributed by atoms with Crippen LogP contribution in [0.3, 0.4) is 0 Å². The lowest BCUT2D eigenvalue weighted by molar-refractivity contribution is 0.0135. The van der Waals surface area contributed by atoms with Gasteiger partial charge in [0.15, 0.2) is 0 Å². The highest BCUT2D eigenvalue weighted by Crippen LogP contribution is 2.34. The molecule has 1 N–H and O–H groups in total. The molecule has 8 nitrogen and oxygen atoms in total. The zero-order valence-corrected chi connectivity index (χ0v) is 16.3. The number of hydrogen-bond donors (Lipinski definition) is 1. The Kier molecular flexibility index (Phi) is 4.63. The van der Waals surface area contributed by atoms with Gasteiger partial charge in [-0.05, 0) is 37.1 Å². The molecule has 150 valence electrons. The number of H-pyrrole nitrogens is 1. The van der Waals surface area contributed by atoms with E-state index in [1.807, 2.05) is 29.2 Å². The van der Waals surface area contributed by atoms with Crippen molar-refractivity contribution in [3.05, 3.63) is 48.5 Å². The molecule has 8 heteroatoms. The number of piperidine rings is 1. The van der Waals surface area contributed by atoms with Crippen LogP contribution in [0.1, 0.15) is 23.2 Å². The number of amides is 1. The van der Waals surface area contributed by atoms with Gasteiger partial charge >= 0.3 is 0 Å². The molecule has 0 saturated carbocycles. The van der Waals surface area contributed by atoms with Gasteiger partial charge in [-0.1, -0.05) is 0 Å². The average Bonchev–Trinajstić information content (AvgIpc) is 3.15. The molecular weight excluding hydrogens is 368 g/mol. The molecule has 1 atom stereocenters. The first-order chi connectivity index (χ1) is 14.2. The fraction of sp³-hybridized carbons (Fsp3) is 0.429. The molecule has 2 aliphatic heterocycles. The predicted molar refractivity (Wildman–Crippen MR) is 109 cm³/mol. The van der Waals surface area contributed by atoms with Crippen molar-refractivity contribution in [3.63, 3.8) is 0 Å². The molecule has 4 heterocycles. The van der Waals surface area contributed by atoms with E-state index >= 15 is 0 Å². The van der Waals surface area contributed by atoms with E-state index in [1.54, 1.807) is 18.7 Å². The lowest BCUT2D eigenvalue weighted by Gasteiger charge is -2.43. The van der Waals surface area contributed by atoms with Crippen molar-refractivity contribution in [2.45, 2.75) is 12.8 Å². The van der Waals surface area contributed by atoms with Gasteiger partial charge in [0.2, 0.25) is 5.95 Å². The van der Waals surface area contributed by atoms with Crippen molar-refractivity contribution in [3.8, 4) is 0 Å². The summed E-state index contributed by atoms with van der Waals surface area (Å²) in [5.74, 6) is 0.790. The fourth-order valence-electron chi connectivity index (χ4n) is 4.50. The van der Waals surface area contributed by atoms with Crippen molar-refractivity contribution >= 4 is 22.9 Å². The second-order valence-electron chi connectivity index (χ2n) is 7.99. The van der Waals surface area contributed by atoms with E-state index in [0.717, 1.165) is 49.5 Å². The third kappa shape index (κ3) is 3.55. The maximum Gasteiger partial charge on any atom is 0.253 e. The van der Waals surface area contributed by atoms with Gasteiger partial charge in [0.1, 0.15) is 0 Å². The summed E-state index contributed by atoms with van der Waals surface area (Å²) in [5.41, 5.74) is 2.33. The van der Waals surface area contributed by atoms with E-state index in [4.69, 9.17) is 4.74 Å². The highest BCUT2D eigenvalue weighted by atomic mass is 16.5. The van der Waals surface area contributed by atoms with E-state index in [9.17, 15) is 4.79 Å². The van der Waals surface area contributed by atoms with Gasteiger partial charge in [0.05, 0.1) is 30.6 Å². The number of aromatic nitrogens is 4. The highest BCUT2D eigenvalue weighted by molar-refractivity contribution is 5.97. The monoisotopic (exact) mass is 392 g/mol. The minimum absolute atomic E-state index is 0.0623. The summed E-state index contributed by atoms with van der Waals surface area (Å²) in [6, 6.07) is 7.47.